The van der Waals surface area contributed by atoms with Crippen LogP contribution in [0.3, 0.4) is 0 Å². The lowest BCUT2D eigenvalue weighted by molar-refractivity contribution is 0.0568. The van der Waals surface area contributed by atoms with E-state index in [1.807, 2.05) is 13.8 Å². The van der Waals surface area contributed by atoms with E-state index < -0.39 is 0 Å². The van der Waals surface area contributed by atoms with Gasteiger partial charge in [0, 0.05) is 12.5 Å². The van der Waals surface area contributed by atoms with E-state index in [1.54, 1.807) is 7.11 Å². The second-order valence-electron chi connectivity index (χ2n) is 5.76. The second kappa shape index (κ2) is 5.69. The molecule has 0 saturated carbocycles. The van der Waals surface area contributed by atoms with Gasteiger partial charge >= 0.3 is 0 Å². The quantitative estimate of drug-likeness (QED) is 0.839. The monoisotopic (exact) mass is 364 g/mol. The maximum atomic E-state index is 12.0. The van der Waals surface area contributed by atoms with Gasteiger partial charge in [-0.05, 0) is 28.5 Å². The molecule has 102 valence electrons. The van der Waals surface area contributed by atoms with Gasteiger partial charge in [0.05, 0.1) is 5.69 Å². The molecule has 1 atom stereocenters. The van der Waals surface area contributed by atoms with E-state index >= 15 is 0 Å². The number of nitrogens with zero attached hydrogens (tertiary/aromatic N) is 1. The molecule has 1 rings (SSSR count). The summed E-state index contributed by atoms with van der Waals surface area (Å²) in [5.41, 5.74) is 0.576. The van der Waals surface area contributed by atoms with Gasteiger partial charge in [0.1, 0.15) is 15.5 Å². The highest BCUT2D eigenvalue weighted by molar-refractivity contribution is 14.1. The Morgan fingerprint density at radius 1 is 1.33 bits per heavy atom. The third kappa shape index (κ3) is 3.32. The summed E-state index contributed by atoms with van der Waals surface area (Å²) >= 11 is 2.05. The Morgan fingerprint density at radius 3 is 2.28 bits per heavy atom. The Bertz CT molecular complexity index is 475. The van der Waals surface area contributed by atoms with Gasteiger partial charge in [-0.15, -0.1) is 0 Å². The zero-order valence-electron chi connectivity index (χ0n) is 11.8. The minimum Gasteiger partial charge on any atom is -0.373 e. The number of aromatic amines is 1. The molecule has 4 nitrogen and oxygen atoms in total. The number of hydrogen-bond acceptors (Lipinski definition) is 3. The smallest absolute Gasteiger partial charge is 0.264 e. The number of ether oxygens (including phenoxy) is 1. The van der Waals surface area contributed by atoms with Crippen molar-refractivity contribution in [1.29, 1.82) is 0 Å². The molecule has 1 aromatic rings. The Kier molecular flexibility index (Phi) is 4.94. The summed E-state index contributed by atoms with van der Waals surface area (Å²) in [6, 6.07) is 0. The molecular weight excluding hydrogens is 343 g/mol. The van der Waals surface area contributed by atoms with Gasteiger partial charge in [-0.25, -0.2) is 4.98 Å². The molecule has 18 heavy (non-hydrogen) atoms. The van der Waals surface area contributed by atoms with Crippen LogP contribution in [0.15, 0.2) is 4.79 Å². The van der Waals surface area contributed by atoms with E-state index in [0.717, 1.165) is 5.69 Å². The predicted molar refractivity (Wildman–Crippen MR) is 80.9 cm³/mol. The van der Waals surface area contributed by atoms with Crippen molar-refractivity contribution in [3.63, 3.8) is 0 Å². The highest BCUT2D eigenvalue weighted by Crippen LogP contribution is 2.26. The van der Waals surface area contributed by atoms with Gasteiger partial charge < -0.3 is 9.72 Å². The lowest BCUT2D eigenvalue weighted by Gasteiger charge is -2.23. The minimum absolute atomic E-state index is 0.0896. The van der Waals surface area contributed by atoms with Crippen LogP contribution in [-0.4, -0.2) is 17.1 Å². The van der Waals surface area contributed by atoms with Crippen molar-refractivity contribution in [3.05, 3.63) is 25.4 Å². The normalized spacial score (nSPS) is 14.0. The van der Waals surface area contributed by atoms with Crippen molar-refractivity contribution < 1.29 is 4.74 Å². The van der Waals surface area contributed by atoms with Gasteiger partial charge in [0.25, 0.3) is 5.56 Å². The highest BCUT2D eigenvalue weighted by Gasteiger charge is 2.25. The van der Waals surface area contributed by atoms with Crippen LogP contribution in [0.4, 0.5) is 0 Å². The van der Waals surface area contributed by atoms with Crippen LogP contribution in [-0.2, 0) is 10.2 Å². The molecule has 1 aromatic heterocycles. The Morgan fingerprint density at radius 2 is 1.89 bits per heavy atom. The third-order valence-corrected chi connectivity index (χ3v) is 3.72. The minimum atomic E-state index is -0.184. The number of halogens is 1. The van der Waals surface area contributed by atoms with Crippen molar-refractivity contribution in [1.82, 2.24) is 9.97 Å². The van der Waals surface area contributed by atoms with E-state index in [1.165, 1.54) is 0 Å². The van der Waals surface area contributed by atoms with Crippen molar-refractivity contribution in [2.45, 2.75) is 46.1 Å². The Balaban J connectivity index is 3.42. The maximum absolute atomic E-state index is 12.0. The SMILES string of the molecule is COC(c1nc(C(C)(C)C)c(I)c(=O)[nH]1)C(C)C. The number of methoxy groups -OCH3 is 1. The second-order valence-corrected chi connectivity index (χ2v) is 6.84. The van der Waals surface area contributed by atoms with Crippen LogP contribution >= 0.6 is 22.6 Å². The summed E-state index contributed by atoms with van der Waals surface area (Å²) in [6.45, 7) is 10.2. The number of hydrogen-bond donors (Lipinski definition) is 1. The van der Waals surface area contributed by atoms with Crippen LogP contribution in [0.25, 0.3) is 0 Å². The zero-order chi connectivity index (χ0) is 14.1. The highest BCUT2D eigenvalue weighted by atomic mass is 127. The maximum Gasteiger partial charge on any atom is 0.264 e. The number of nitrogens with one attached hydrogen (secondary N) is 1. The van der Waals surface area contributed by atoms with Crippen LogP contribution < -0.4 is 5.56 Å². The molecule has 0 bridgehead atoms. The van der Waals surface area contributed by atoms with Gasteiger partial charge in [-0.2, -0.15) is 0 Å². The van der Waals surface area contributed by atoms with Gasteiger partial charge in [0.2, 0.25) is 0 Å². The van der Waals surface area contributed by atoms with Crippen molar-refractivity contribution >= 4 is 22.6 Å². The molecule has 1 unspecified atom stereocenters. The Hall–Kier alpha value is -0.430. The largest absolute Gasteiger partial charge is 0.373 e. The van der Waals surface area contributed by atoms with Crippen LogP contribution in [0.1, 0.15) is 52.2 Å². The summed E-state index contributed by atoms with van der Waals surface area (Å²) < 4.78 is 6.08. The summed E-state index contributed by atoms with van der Waals surface area (Å²) in [6.07, 6.45) is -0.184. The van der Waals surface area contributed by atoms with Gasteiger partial charge in [-0.3, -0.25) is 4.79 Å². The molecule has 0 aromatic carbocycles. The molecule has 0 aliphatic heterocycles. The van der Waals surface area contributed by atoms with E-state index in [-0.39, 0.29) is 23.0 Å². The van der Waals surface area contributed by atoms with Gasteiger partial charge in [-0.1, -0.05) is 34.6 Å². The molecule has 0 aliphatic carbocycles. The Labute approximate surface area is 122 Å². The molecule has 0 fully saturated rings. The number of H-pyrrole nitrogens is 1. The molecule has 0 saturated heterocycles. The molecular formula is C13H21IN2O2. The van der Waals surface area contributed by atoms with Gasteiger partial charge in [0.15, 0.2) is 0 Å². The zero-order valence-corrected chi connectivity index (χ0v) is 14.0. The van der Waals surface area contributed by atoms with E-state index in [9.17, 15) is 4.79 Å². The third-order valence-electron chi connectivity index (χ3n) is 2.72. The van der Waals surface area contributed by atoms with E-state index in [0.29, 0.717) is 9.39 Å². The molecule has 5 heteroatoms. The number of rotatable bonds is 3. The molecule has 0 radical (unpaired) electrons. The summed E-state index contributed by atoms with van der Waals surface area (Å²) in [5.74, 6) is 0.869. The van der Waals surface area contributed by atoms with Crippen molar-refractivity contribution in [2.24, 2.45) is 5.92 Å². The first-order valence-electron chi connectivity index (χ1n) is 6.01. The summed E-state index contributed by atoms with van der Waals surface area (Å²) in [7, 11) is 1.64. The fraction of sp³-hybridized carbons (Fsp3) is 0.692. The average molecular weight is 364 g/mol. The molecule has 1 N–H and O–H groups in total. The van der Waals surface area contributed by atoms with Crippen LogP contribution in [0.2, 0.25) is 0 Å². The fourth-order valence-corrected chi connectivity index (χ4v) is 2.87. The van der Waals surface area contributed by atoms with Crippen molar-refractivity contribution in [2.75, 3.05) is 7.11 Å². The van der Waals surface area contributed by atoms with Crippen LogP contribution in [0.5, 0.6) is 0 Å². The molecule has 0 aliphatic rings. The first-order valence-corrected chi connectivity index (χ1v) is 7.09. The topological polar surface area (TPSA) is 55.0 Å². The standard InChI is InChI=1S/C13H21IN2O2/c1-7(2)9(18-6)11-15-10(13(3,4)5)8(14)12(17)16-11/h7,9H,1-6H3,(H,15,16,17). The summed E-state index contributed by atoms with van der Waals surface area (Å²) in [4.78, 5) is 19.4. The fourth-order valence-electron chi connectivity index (χ4n) is 1.81. The molecule has 1 heterocycles. The molecule has 0 amide bonds. The first-order chi connectivity index (χ1) is 8.18. The van der Waals surface area contributed by atoms with E-state index in [4.69, 9.17) is 4.74 Å². The first kappa shape index (κ1) is 15.6. The van der Waals surface area contributed by atoms with E-state index in [2.05, 4.69) is 53.3 Å². The lowest BCUT2D eigenvalue weighted by Crippen LogP contribution is -2.27. The van der Waals surface area contributed by atoms with Crippen LogP contribution in [0, 0.1) is 9.49 Å². The molecule has 0 spiro atoms. The number of aromatic nitrogens is 2. The predicted octanol–water partition coefficient (Wildman–Crippen LogP) is 3.02. The van der Waals surface area contributed by atoms with Crippen molar-refractivity contribution in [3.8, 4) is 0 Å². The lowest BCUT2D eigenvalue weighted by atomic mass is 9.92. The summed E-state index contributed by atoms with van der Waals surface area (Å²) in [5, 5.41) is 0. The average Bonchev–Trinajstić information content (AvgIpc) is 2.21.